The van der Waals surface area contributed by atoms with E-state index in [9.17, 15) is 0 Å². The third-order valence-corrected chi connectivity index (χ3v) is 5.03. The zero-order valence-electron chi connectivity index (χ0n) is 9.41. The molecule has 0 atom stereocenters. The van der Waals surface area contributed by atoms with Crippen LogP contribution in [0, 0.1) is 0 Å². The fraction of sp³-hybridized carbons (Fsp3) is 0.636. The van der Waals surface area contributed by atoms with Gasteiger partial charge in [-0.1, -0.05) is 29.6 Å². The molecule has 1 aliphatic rings. The normalized spacial score (nSPS) is 15.3. The fourth-order valence-corrected chi connectivity index (χ4v) is 3.68. The average Bonchev–Trinajstić information content (AvgIpc) is 2.75. The van der Waals surface area contributed by atoms with Gasteiger partial charge in [-0.2, -0.15) is 0 Å². The molecule has 1 rings (SSSR count). The lowest BCUT2D eigenvalue weighted by Gasteiger charge is -2.06. The molecule has 0 saturated heterocycles. The van der Waals surface area contributed by atoms with Crippen LogP contribution < -0.4 is 16.4 Å². The summed E-state index contributed by atoms with van der Waals surface area (Å²) in [5.41, 5.74) is 10.2. The SMILES string of the molecule is NCCNCCNCCC[SiH]1C=CC=C1. The van der Waals surface area contributed by atoms with Crippen molar-refractivity contribution in [1.29, 1.82) is 0 Å². The Morgan fingerprint density at radius 2 is 1.60 bits per heavy atom. The maximum Gasteiger partial charge on any atom is 0.0852 e. The lowest BCUT2D eigenvalue weighted by atomic mass is 10.4. The van der Waals surface area contributed by atoms with Crippen molar-refractivity contribution in [3.05, 3.63) is 23.6 Å². The van der Waals surface area contributed by atoms with Gasteiger partial charge in [-0.15, -0.1) is 0 Å². The predicted molar refractivity (Wildman–Crippen MR) is 69.6 cm³/mol. The Balaban J connectivity index is 1.77. The fourth-order valence-electron chi connectivity index (χ4n) is 1.66. The summed E-state index contributed by atoms with van der Waals surface area (Å²) in [5.74, 6) is 0. The summed E-state index contributed by atoms with van der Waals surface area (Å²) < 4.78 is 0. The third kappa shape index (κ3) is 6.62. The number of nitrogens with two attached hydrogens (primary N) is 1. The summed E-state index contributed by atoms with van der Waals surface area (Å²) in [7, 11) is -0.584. The van der Waals surface area contributed by atoms with E-state index in [0.717, 1.165) is 32.7 Å². The van der Waals surface area contributed by atoms with Crippen molar-refractivity contribution < 1.29 is 0 Å². The van der Waals surface area contributed by atoms with Crippen LogP contribution in [0.4, 0.5) is 0 Å². The van der Waals surface area contributed by atoms with Crippen LogP contribution in [0.15, 0.2) is 23.6 Å². The van der Waals surface area contributed by atoms with Gasteiger partial charge < -0.3 is 16.4 Å². The molecule has 15 heavy (non-hydrogen) atoms. The van der Waals surface area contributed by atoms with Crippen molar-refractivity contribution in [3.63, 3.8) is 0 Å². The second-order valence-electron chi connectivity index (χ2n) is 3.86. The van der Waals surface area contributed by atoms with Crippen LogP contribution in [0.3, 0.4) is 0 Å². The Hall–Kier alpha value is -0.423. The van der Waals surface area contributed by atoms with E-state index in [1.807, 2.05) is 0 Å². The van der Waals surface area contributed by atoms with Gasteiger partial charge >= 0.3 is 0 Å². The van der Waals surface area contributed by atoms with Gasteiger partial charge in [0.05, 0.1) is 8.80 Å². The quantitative estimate of drug-likeness (QED) is 0.381. The standard InChI is InChI=1S/C11H23N3Si/c12-4-6-14-8-7-13-5-3-11-15-9-1-2-10-15/h1-2,9-10,13-15H,3-8,11-12H2. The van der Waals surface area contributed by atoms with E-state index < -0.39 is 8.80 Å². The molecule has 0 unspecified atom stereocenters. The molecular formula is C11H23N3Si. The molecule has 1 heterocycles. The first-order valence-corrected chi connectivity index (χ1v) is 8.05. The summed E-state index contributed by atoms with van der Waals surface area (Å²) in [5, 5.41) is 6.70. The maximum atomic E-state index is 5.37. The summed E-state index contributed by atoms with van der Waals surface area (Å²) in [6.07, 6.45) is 5.70. The molecule has 4 heteroatoms. The molecule has 0 radical (unpaired) electrons. The van der Waals surface area contributed by atoms with Gasteiger partial charge in [0.2, 0.25) is 0 Å². The molecule has 0 aromatic heterocycles. The highest BCUT2D eigenvalue weighted by Gasteiger charge is 2.04. The lowest BCUT2D eigenvalue weighted by Crippen LogP contribution is -2.31. The monoisotopic (exact) mass is 225 g/mol. The van der Waals surface area contributed by atoms with Crippen LogP contribution in [0.2, 0.25) is 6.04 Å². The first-order valence-electron chi connectivity index (χ1n) is 5.90. The van der Waals surface area contributed by atoms with E-state index in [2.05, 4.69) is 34.2 Å². The molecule has 0 amide bonds. The van der Waals surface area contributed by atoms with Gasteiger partial charge in [-0.3, -0.25) is 0 Å². The Morgan fingerprint density at radius 3 is 2.27 bits per heavy atom. The molecule has 4 N–H and O–H groups in total. The number of nitrogens with one attached hydrogen (secondary N) is 2. The molecule has 0 fully saturated rings. The molecule has 0 aliphatic carbocycles. The van der Waals surface area contributed by atoms with Gasteiger partial charge in [0.25, 0.3) is 0 Å². The van der Waals surface area contributed by atoms with Crippen molar-refractivity contribution in [2.24, 2.45) is 5.73 Å². The van der Waals surface area contributed by atoms with E-state index in [4.69, 9.17) is 5.73 Å². The van der Waals surface area contributed by atoms with E-state index in [1.165, 1.54) is 12.5 Å². The van der Waals surface area contributed by atoms with Crippen LogP contribution in [0.1, 0.15) is 6.42 Å². The highest BCUT2D eigenvalue weighted by Crippen LogP contribution is 2.05. The number of hydrogen-bond donors (Lipinski definition) is 3. The third-order valence-electron chi connectivity index (χ3n) is 2.52. The largest absolute Gasteiger partial charge is 0.329 e. The van der Waals surface area contributed by atoms with E-state index in [0.29, 0.717) is 0 Å². The second-order valence-corrected chi connectivity index (χ2v) is 6.54. The first-order chi connectivity index (χ1) is 7.43. The summed E-state index contributed by atoms with van der Waals surface area (Å²) in [6.45, 7) is 4.88. The van der Waals surface area contributed by atoms with Crippen LogP contribution in [-0.4, -0.2) is 41.5 Å². The minimum Gasteiger partial charge on any atom is -0.329 e. The lowest BCUT2D eigenvalue weighted by molar-refractivity contribution is 0.609. The molecule has 3 nitrogen and oxygen atoms in total. The Bertz CT molecular complexity index is 192. The molecule has 86 valence electrons. The van der Waals surface area contributed by atoms with E-state index in [1.54, 1.807) is 0 Å². The van der Waals surface area contributed by atoms with E-state index >= 15 is 0 Å². The molecule has 0 saturated carbocycles. The molecular weight excluding hydrogens is 202 g/mol. The maximum absolute atomic E-state index is 5.37. The zero-order valence-corrected chi connectivity index (χ0v) is 10.6. The van der Waals surface area contributed by atoms with Gasteiger partial charge in [0.1, 0.15) is 0 Å². The van der Waals surface area contributed by atoms with Crippen molar-refractivity contribution in [3.8, 4) is 0 Å². The van der Waals surface area contributed by atoms with Crippen molar-refractivity contribution in [1.82, 2.24) is 10.6 Å². The Kier molecular flexibility index (Phi) is 7.46. The van der Waals surface area contributed by atoms with Crippen molar-refractivity contribution in [2.45, 2.75) is 12.5 Å². The molecule has 0 aromatic carbocycles. The van der Waals surface area contributed by atoms with Gasteiger partial charge in [-0.05, 0) is 13.0 Å². The number of hydrogen-bond acceptors (Lipinski definition) is 3. The number of allylic oxidation sites excluding steroid dienone is 2. The smallest absolute Gasteiger partial charge is 0.0852 e. The van der Waals surface area contributed by atoms with Crippen molar-refractivity contribution in [2.75, 3.05) is 32.7 Å². The van der Waals surface area contributed by atoms with Gasteiger partial charge in [-0.25, -0.2) is 0 Å². The minimum atomic E-state index is -0.584. The van der Waals surface area contributed by atoms with Crippen LogP contribution >= 0.6 is 0 Å². The predicted octanol–water partition coefficient (Wildman–Crippen LogP) is -0.0541. The van der Waals surface area contributed by atoms with Crippen LogP contribution in [-0.2, 0) is 0 Å². The van der Waals surface area contributed by atoms with Crippen molar-refractivity contribution >= 4 is 8.80 Å². The Morgan fingerprint density at radius 1 is 0.933 bits per heavy atom. The highest BCUT2D eigenvalue weighted by molar-refractivity contribution is 6.70. The zero-order chi connectivity index (χ0) is 10.8. The highest BCUT2D eigenvalue weighted by atomic mass is 28.3. The summed E-state index contributed by atoms with van der Waals surface area (Å²) >= 11 is 0. The Labute approximate surface area is 94.4 Å². The summed E-state index contributed by atoms with van der Waals surface area (Å²) in [6, 6.07) is 1.40. The minimum absolute atomic E-state index is 0.584. The molecule has 1 aliphatic heterocycles. The molecule has 0 bridgehead atoms. The number of rotatable bonds is 9. The molecule has 0 aromatic rings. The van der Waals surface area contributed by atoms with Gasteiger partial charge in [0.15, 0.2) is 0 Å². The second kappa shape index (κ2) is 8.85. The van der Waals surface area contributed by atoms with Gasteiger partial charge in [0, 0.05) is 26.2 Å². The molecule has 0 spiro atoms. The van der Waals surface area contributed by atoms with Crippen LogP contribution in [0.25, 0.3) is 0 Å². The van der Waals surface area contributed by atoms with E-state index in [-0.39, 0.29) is 0 Å². The topological polar surface area (TPSA) is 50.1 Å². The average molecular weight is 225 g/mol. The van der Waals surface area contributed by atoms with Crippen LogP contribution in [0.5, 0.6) is 0 Å². The first kappa shape index (κ1) is 12.6. The summed E-state index contributed by atoms with van der Waals surface area (Å²) in [4.78, 5) is 0.